The summed E-state index contributed by atoms with van der Waals surface area (Å²) in [7, 11) is 0. The third kappa shape index (κ3) is 5.16. The minimum Gasteiger partial charge on any atom is -0.356 e. The van der Waals surface area contributed by atoms with Gasteiger partial charge < -0.3 is 15.2 Å². The van der Waals surface area contributed by atoms with Crippen LogP contribution in [0.4, 0.5) is 5.95 Å². The Morgan fingerprint density at radius 1 is 1.25 bits per heavy atom. The van der Waals surface area contributed by atoms with Crippen LogP contribution in [0.2, 0.25) is 0 Å². The summed E-state index contributed by atoms with van der Waals surface area (Å²) >= 11 is 1.67. The Bertz CT molecular complexity index is 948. The van der Waals surface area contributed by atoms with Gasteiger partial charge in [-0.05, 0) is 31.9 Å². The molecule has 0 radical (unpaired) electrons. The van der Waals surface area contributed by atoms with E-state index < -0.39 is 0 Å². The lowest BCUT2D eigenvalue weighted by molar-refractivity contribution is -0.121. The predicted octanol–water partition coefficient (Wildman–Crippen LogP) is 4.05. The van der Waals surface area contributed by atoms with Crippen LogP contribution in [0.5, 0.6) is 0 Å². The van der Waals surface area contributed by atoms with Crippen LogP contribution in [-0.2, 0) is 4.79 Å². The van der Waals surface area contributed by atoms with E-state index >= 15 is 0 Å². The summed E-state index contributed by atoms with van der Waals surface area (Å²) in [4.78, 5) is 23.1. The standard InChI is InChI=1S/C20H25N5O2S/c1-12(2)9-18(26)21-7-8-22-20-23-11-15(16-10-13(3)25-27-16)19(24-20)17-6-5-14(4)28-17/h5-6,10-12H,7-9H2,1-4H3,(H,21,26)(H,22,23,24). The first-order chi connectivity index (χ1) is 13.4. The molecule has 0 bridgehead atoms. The lowest BCUT2D eigenvalue weighted by Crippen LogP contribution is -2.29. The number of hydrogen-bond donors (Lipinski definition) is 2. The van der Waals surface area contributed by atoms with Crippen molar-refractivity contribution in [2.45, 2.75) is 34.1 Å². The van der Waals surface area contributed by atoms with Gasteiger partial charge in [0.05, 0.1) is 21.8 Å². The molecule has 0 atom stereocenters. The molecule has 28 heavy (non-hydrogen) atoms. The van der Waals surface area contributed by atoms with E-state index in [2.05, 4.69) is 33.8 Å². The van der Waals surface area contributed by atoms with E-state index in [0.29, 0.717) is 37.1 Å². The van der Waals surface area contributed by atoms with Crippen LogP contribution in [0.1, 0.15) is 30.8 Å². The van der Waals surface area contributed by atoms with E-state index in [1.807, 2.05) is 32.9 Å². The minimum absolute atomic E-state index is 0.0588. The maximum Gasteiger partial charge on any atom is 0.223 e. The van der Waals surface area contributed by atoms with Gasteiger partial charge in [0.1, 0.15) is 0 Å². The van der Waals surface area contributed by atoms with E-state index in [1.54, 1.807) is 17.5 Å². The fourth-order valence-corrected chi connectivity index (χ4v) is 3.58. The average molecular weight is 400 g/mol. The van der Waals surface area contributed by atoms with E-state index in [4.69, 9.17) is 9.51 Å². The van der Waals surface area contributed by atoms with Gasteiger partial charge in [0, 0.05) is 36.7 Å². The molecule has 3 rings (SSSR count). The predicted molar refractivity (Wildman–Crippen MR) is 111 cm³/mol. The van der Waals surface area contributed by atoms with E-state index in [9.17, 15) is 4.79 Å². The molecule has 3 aromatic heterocycles. The smallest absolute Gasteiger partial charge is 0.223 e. The zero-order valence-electron chi connectivity index (χ0n) is 16.6. The summed E-state index contributed by atoms with van der Waals surface area (Å²) in [6, 6.07) is 5.99. The van der Waals surface area contributed by atoms with Crippen molar-refractivity contribution < 1.29 is 9.32 Å². The van der Waals surface area contributed by atoms with Crippen molar-refractivity contribution in [1.82, 2.24) is 20.4 Å². The van der Waals surface area contributed by atoms with Crippen LogP contribution in [0.3, 0.4) is 0 Å². The lowest BCUT2D eigenvalue weighted by atomic mass is 10.1. The van der Waals surface area contributed by atoms with Crippen molar-refractivity contribution in [1.29, 1.82) is 0 Å². The summed E-state index contributed by atoms with van der Waals surface area (Å²) < 4.78 is 5.42. The Balaban J connectivity index is 1.74. The Kier molecular flexibility index (Phi) is 6.41. The number of thiophene rings is 1. The van der Waals surface area contributed by atoms with Gasteiger partial charge in [0.25, 0.3) is 0 Å². The molecule has 0 aliphatic heterocycles. The van der Waals surface area contributed by atoms with E-state index in [1.165, 1.54) is 4.88 Å². The third-order valence-electron chi connectivity index (χ3n) is 3.98. The van der Waals surface area contributed by atoms with Crippen molar-refractivity contribution in [3.05, 3.63) is 35.0 Å². The normalized spacial score (nSPS) is 11.0. The Morgan fingerprint density at radius 2 is 2.07 bits per heavy atom. The first kappa shape index (κ1) is 20.0. The van der Waals surface area contributed by atoms with Gasteiger partial charge in [-0.1, -0.05) is 19.0 Å². The first-order valence-electron chi connectivity index (χ1n) is 9.30. The molecule has 8 heteroatoms. The largest absolute Gasteiger partial charge is 0.356 e. The van der Waals surface area contributed by atoms with Crippen LogP contribution in [0.25, 0.3) is 21.9 Å². The van der Waals surface area contributed by atoms with Gasteiger partial charge in [-0.15, -0.1) is 11.3 Å². The second-order valence-electron chi connectivity index (χ2n) is 7.07. The van der Waals surface area contributed by atoms with Crippen molar-refractivity contribution in [2.24, 2.45) is 5.92 Å². The average Bonchev–Trinajstić information content (AvgIpc) is 3.26. The van der Waals surface area contributed by atoms with Crippen LogP contribution < -0.4 is 10.6 Å². The number of nitrogens with one attached hydrogen (secondary N) is 2. The van der Waals surface area contributed by atoms with Crippen LogP contribution >= 0.6 is 11.3 Å². The number of nitrogens with zero attached hydrogens (tertiary/aromatic N) is 3. The van der Waals surface area contributed by atoms with Gasteiger partial charge in [-0.2, -0.15) is 0 Å². The number of aromatic nitrogens is 3. The summed E-state index contributed by atoms with van der Waals surface area (Å²) in [6.45, 7) is 9.06. The molecule has 0 aliphatic rings. The quantitative estimate of drug-likeness (QED) is 0.555. The van der Waals surface area contributed by atoms with Crippen molar-refractivity contribution in [2.75, 3.05) is 18.4 Å². The molecular formula is C20H25N5O2S. The fraction of sp³-hybridized carbons (Fsp3) is 0.400. The molecule has 2 N–H and O–H groups in total. The van der Waals surface area contributed by atoms with E-state index in [0.717, 1.165) is 21.8 Å². The zero-order valence-corrected chi connectivity index (χ0v) is 17.4. The molecule has 0 spiro atoms. The maximum absolute atomic E-state index is 11.7. The number of carbonyl (C=O) groups is 1. The second kappa shape index (κ2) is 8.97. The van der Waals surface area contributed by atoms with Gasteiger partial charge in [0.2, 0.25) is 11.9 Å². The maximum atomic E-state index is 11.7. The molecule has 0 saturated carbocycles. The van der Waals surface area contributed by atoms with Crippen LogP contribution in [0, 0.1) is 19.8 Å². The molecule has 0 saturated heterocycles. The highest BCUT2D eigenvalue weighted by atomic mass is 32.1. The molecule has 3 aromatic rings. The highest BCUT2D eigenvalue weighted by Gasteiger charge is 2.16. The van der Waals surface area contributed by atoms with E-state index in [-0.39, 0.29) is 5.91 Å². The Labute approximate surface area is 168 Å². The molecule has 3 heterocycles. The summed E-state index contributed by atoms with van der Waals surface area (Å²) in [5.74, 6) is 1.56. The topological polar surface area (TPSA) is 92.9 Å². The molecule has 7 nitrogen and oxygen atoms in total. The van der Waals surface area contributed by atoms with Crippen molar-refractivity contribution in [3.63, 3.8) is 0 Å². The van der Waals surface area contributed by atoms with Crippen molar-refractivity contribution >= 4 is 23.2 Å². The number of anilines is 1. The minimum atomic E-state index is 0.0588. The fourth-order valence-electron chi connectivity index (χ4n) is 2.71. The summed E-state index contributed by atoms with van der Waals surface area (Å²) in [6.07, 6.45) is 2.28. The van der Waals surface area contributed by atoms with Crippen molar-refractivity contribution in [3.8, 4) is 21.9 Å². The number of aryl methyl sites for hydroxylation is 2. The molecule has 0 unspecified atom stereocenters. The molecule has 0 aliphatic carbocycles. The van der Waals surface area contributed by atoms with Crippen LogP contribution in [0.15, 0.2) is 28.9 Å². The molecular weight excluding hydrogens is 374 g/mol. The third-order valence-corrected chi connectivity index (χ3v) is 4.99. The zero-order chi connectivity index (χ0) is 20.1. The number of amides is 1. The van der Waals surface area contributed by atoms with Gasteiger partial charge in [-0.25, -0.2) is 9.97 Å². The highest BCUT2D eigenvalue weighted by Crippen LogP contribution is 2.35. The number of rotatable bonds is 8. The molecule has 0 aromatic carbocycles. The highest BCUT2D eigenvalue weighted by molar-refractivity contribution is 7.15. The molecule has 148 valence electrons. The first-order valence-corrected chi connectivity index (χ1v) is 10.1. The molecule has 1 amide bonds. The Hall–Kier alpha value is -2.74. The van der Waals surface area contributed by atoms with Crippen LogP contribution in [-0.4, -0.2) is 34.1 Å². The SMILES string of the molecule is Cc1cc(-c2cnc(NCCNC(=O)CC(C)C)nc2-c2ccc(C)s2)on1. The Morgan fingerprint density at radius 3 is 2.71 bits per heavy atom. The monoisotopic (exact) mass is 399 g/mol. The summed E-state index contributed by atoms with van der Waals surface area (Å²) in [5, 5.41) is 10.0. The number of hydrogen-bond acceptors (Lipinski definition) is 7. The van der Waals surface area contributed by atoms with Gasteiger partial charge in [-0.3, -0.25) is 4.79 Å². The van der Waals surface area contributed by atoms with Gasteiger partial charge >= 0.3 is 0 Å². The number of carbonyl (C=O) groups excluding carboxylic acids is 1. The second-order valence-corrected chi connectivity index (χ2v) is 8.36. The summed E-state index contributed by atoms with van der Waals surface area (Å²) in [5.41, 5.74) is 2.41. The molecule has 0 fully saturated rings. The van der Waals surface area contributed by atoms with Gasteiger partial charge in [0.15, 0.2) is 5.76 Å². The lowest BCUT2D eigenvalue weighted by Gasteiger charge is -2.10.